The third-order valence-electron chi connectivity index (χ3n) is 5.03. The quantitative estimate of drug-likeness (QED) is 0.592. The Kier molecular flexibility index (Phi) is 5.67. The number of para-hydroxylation sites is 1. The summed E-state index contributed by atoms with van der Waals surface area (Å²) in [5, 5.41) is 14.3. The summed E-state index contributed by atoms with van der Waals surface area (Å²) < 4.78 is 0. The van der Waals surface area contributed by atoms with Gasteiger partial charge in [-0.1, -0.05) is 54.6 Å². The van der Waals surface area contributed by atoms with E-state index in [1.165, 1.54) is 23.1 Å². The van der Waals surface area contributed by atoms with Crippen molar-refractivity contribution in [2.24, 2.45) is 4.99 Å². The van der Waals surface area contributed by atoms with Gasteiger partial charge in [0.2, 0.25) is 6.17 Å². The van der Waals surface area contributed by atoms with E-state index in [0.29, 0.717) is 11.4 Å². The molecule has 0 fully saturated rings. The molecular weight excluding hydrogens is 408 g/mol. The minimum absolute atomic E-state index is 0.0351. The van der Waals surface area contributed by atoms with Crippen molar-refractivity contribution in [3.05, 3.63) is 95.6 Å². The van der Waals surface area contributed by atoms with Crippen molar-refractivity contribution in [1.29, 1.82) is 0 Å². The van der Waals surface area contributed by atoms with Crippen LogP contribution in [-0.2, 0) is 4.79 Å². The monoisotopic (exact) mass is 428 g/mol. The summed E-state index contributed by atoms with van der Waals surface area (Å²) in [5.74, 6) is -1.51. The predicted octanol–water partition coefficient (Wildman–Crippen LogP) is 3.35. The molecule has 0 saturated heterocycles. The van der Waals surface area contributed by atoms with Crippen LogP contribution in [-0.4, -0.2) is 41.9 Å². The highest BCUT2D eigenvalue weighted by molar-refractivity contribution is 6.20. The second-order valence-corrected chi connectivity index (χ2v) is 7.15. The highest BCUT2D eigenvalue weighted by atomic mass is 16.4. The smallest absolute Gasteiger partial charge is 0.335 e. The maximum Gasteiger partial charge on any atom is 0.335 e. The standard InChI is InChI=1S/C24H20N4O4/c1-28-19-13-6-5-12-18(19)20(15-8-3-2-4-9-15)26-21(22(28)29)27-24(32)25-17-11-7-10-16(14-17)23(30)31/h2-14,21H,1H3,(H,30,31)(H2,25,27,32). The number of benzodiazepines with no additional fused rings is 1. The number of carbonyl (C=O) groups excluding carboxylic acids is 2. The van der Waals surface area contributed by atoms with Crippen LogP contribution in [0.4, 0.5) is 16.2 Å². The Bertz CT molecular complexity index is 1220. The molecule has 1 aliphatic rings. The largest absolute Gasteiger partial charge is 0.478 e. The molecule has 160 valence electrons. The molecule has 0 radical (unpaired) electrons. The van der Waals surface area contributed by atoms with E-state index >= 15 is 0 Å². The molecule has 1 aliphatic heterocycles. The third-order valence-corrected chi connectivity index (χ3v) is 5.03. The molecule has 1 heterocycles. The van der Waals surface area contributed by atoms with Gasteiger partial charge in [-0.25, -0.2) is 14.6 Å². The number of nitrogens with one attached hydrogen (secondary N) is 2. The van der Waals surface area contributed by atoms with Gasteiger partial charge in [0.25, 0.3) is 5.91 Å². The fraction of sp³-hybridized carbons (Fsp3) is 0.0833. The van der Waals surface area contributed by atoms with Gasteiger partial charge in [0.1, 0.15) is 0 Å². The number of nitrogens with zero attached hydrogens (tertiary/aromatic N) is 2. The first-order valence-corrected chi connectivity index (χ1v) is 9.85. The van der Waals surface area contributed by atoms with Gasteiger partial charge < -0.3 is 20.6 Å². The fourth-order valence-electron chi connectivity index (χ4n) is 3.46. The molecule has 0 spiro atoms. The van der Waals surface area contributed by atoms with E-state index < -0.39 is 24.1 Å². The van der Waals surface area contributed by atoms with Gasteiger partial charge in [0.15, 0.2) is 0 Å². The second-order valence-electron chi connectivity index (χ2n) is 7.15. The minimum Gasteiger partial charge on any atom is -0.478 e. The molecule has 0 aliphatic carbocycles. The van der Waals surface area contributed by atoms with Crippen molar-refractivity contribution in [3.8, 4) is 0 Å². The van der Waals surface area contributed by atoms with Crippen LogP contribution in [0.1, 0.15) is 21.5 Å². The zero-order valence-corrected chi connectivity index (χ0v) is 17.1. The number of carbonyl (C=O) groups is 3. The summed E-state index contributed by atoms with van der Waals surface area (Å²) in [6.45, 7) is 0. The Labute approximate surface area is 184 Å². The number of carboxylic acid groups (broad SMARTS) is 1. The number of carboxylic acids is 1. The summed E-state index contributed by atoms with van der Waals surface area (Å²) >= 11 is 0. The van der Waals surface area contributed by atoms with Gasteiger partial charge >= 0.3 is 12.0 Å². The van der Waals surface area contributed by atoms with Crippen LogP contribution in [0.5, 0.6) is 0 Å². The maximum atomic E-state index is 13.1. The third kappa shape index (κ3) is 4.20. The zero-order chi connectivity index (χ0) is 22.7. The van der Waals surface area contributed by atoms with Crippen LogP contribution in [0, 0.1) is 0 Å². The van der Waals surface area contributed by atoms with E-state index in [0.717, 1.165) is 11.1 Å². The van der Waals surface area contributed by atoms with E-state index in [-0.39, 0.29) is 11.3 Å². The SMILES string of the molecule is CN1C(=O)C(NC(=O)Nc2cccc(C(=O)O)c2)N=C(c2ccccc2)c2ccccc21. The topological polar surface area (TPSA) is 111 Å². The fourth-order valence-corrected chi connectivity index (χ4v) is 3.46. The van der Waals surface area contributed by atoms with Crippen LogP contribution in [0.2, 0.25) is 0 Å². The van der Waals surface area contributed by atoms with Crippen molar-refractivity contribution in [3.63, 3.8) is 0 Å². The average Bonchev–Trinajstić information content (AvgIpc) is 2.90. The van der Waals surface area contributed by atoms with Gasteiger partial charge in [-0.15, -0.1) is 0 Å². The number of hydrogen-bond donors (Lipinski definition) is 3. The number of amides is 3. The summed E-state index contributed by atoms with van der Waals surface area (Å²) in [7, 11) is 1.63. The van der Waals surface area contributed by atoms with Crippen molar-refractivity contribution in [2.45, 2.75) is 6.17 Å². The lowest BCUT2D eigenvalue weighted by atomic mass is 10.0. The molecule has 8 heteroatoms. The number of anilines is 2. The first kappa shape index (κ1) is 20.8. The molecule has 3 amide bonds. The first-order chi connectivity index (χ1) is 15.4. The summed E-state index contributed by atoms with van der Waals surface area (Å²) in [6, 6.07) is 22.0. The lowest BCUT2D eigenvalue weighted by Gasteiger charge is -2.21. The highest BCUT2D eigenvalue weighted by Gasteiger charge is 2.30. The van der Waals surface area contributed by atoms with Gasteiger partial charge in [0.05, 0.1) is 17.0 Å². The Morgan fingerprint density at radius 3 is 2.44 bits per heavy atom. The summed E-state index contributed by atoms with van der Waals surface area (Å²) in [6.07, 6.45) is -1.18. The Morgan fingerprint density at radius 1 is 0.969 bits per heavy atom. The van der Waals surface area contributed by atoms with Crippen LogP contribution in [0.15, 0.2) is 83.9 Å². The van der Waals surface area contributed by atoms with Crippen molar-refractivity contribution in [2.75, 3.05) is 17.3 Å². The molecule has 0 bridgehead atoms. The highest BCUT2D eigenvalue weighted by Crippen LogP contribution is 2.27. The number of benzene rings is 3. The molecule has 8 nitrogen and oxygen atoms in total. The minimum atomic E-state index is -1.18. The van der Waals surface area contributed by atoms with Crippen molar-refractivity contribution in [1.82, 2.24) is 5.32 Å². The average molecular weight is 428 g/mol. The molecule has 0 aromatic heterocycles. The molecular formula is C24H20N4O4. The van der Waals surface area contributed by atoms with Gasteiger partial charge in [0, 0.05) is 23.9 Å². The second kappa shape index (κ2) is 8.73. The molecule has 4 rings (SSSR count). The number of urea groups is 1. The maximum absolute atomic E-state index is 13.1. The number of rotatable bonds is 4. The number of hydrogen-bond acceptors (Lipinski definition) is 4. The van der Waals surface area contributed by atoms with Crippen molar-refractivity contribution < 1.29 is 19.5 Å². The molecule has 3 aromatic carbocycles. The van der Waals surface area contributed by atoms with Crippen LogP contribution in [0.3, 0.4) is 0 Å². The first-order valence-electron chi connectivity index (χ1n) is 9.85. The zero-order valence-electron chi connectivity index (χ0n) is 17.1. The lowest BCUT2D eigenvalue weighted by molar-refractivity contribution is -0.119. The summed E-state index contributed by atoms with van der Waals surface area (Å²) in [4.78, 5) is 43.0. The summed E-state index contributed by atoms with van der Waals surface area (Å²) in [5.41, 5.74) is 3.16. The van der Waals surface area contributed by atoms with Crippen LogP contribution < -0.4 is 15.5 Å². The molecule has 3 aromatic rings. The van der Waals surface area contributed by atoms with E-state index in [9.17, 15) is 14.4 Å². The Balaban J connectivity index is 1.66. The van der Waals surface area contributed by atoms with Crippen LogP contribution >= 0.6 is 0 Å². The van der Waals surface area contributed by atoms with E-state index in [4.69, 9.17) is 5.11 Å². The Morgan fingerprint density at radius 2 is 1.69 bits per heavy atom. The van der Waals surface area contributed by atoms with E-state index in [1.807, 2.05) is 54.6 Å². The number of aliphatic imine (C=N–C) groups is 1. The predicted molar refractivity (Wildman–Crippen MR) is 121 cm³/mol. The molecule has 0 saturated carbocycles. The number of fused-ring (bicyclic) bond motifs is 1. The van der Waals surface area contributed by atoms with Crippen molar-refractivity contribution >= 4 is 35.0 Å². The molecule has 1 unspecified atom stereocenters. The number of aromatic carboxylic acids is 1. The van der Waals surface area contributed by atoms with E-state index in [2.05, 4.69) is 15.6 Å². The van der Waals surface area contributed by atoms with Gasteiger partial charge in [-0.3, -0.25) is 4.79 Å². The normalized spacial score (nSPS) is 15.3. The molecule has 3 N–H and O–H groups in total. The van der Waals surface area contributed by atoms with Crippen LogP contribution in [0.25, 0.3) is 0 Å². The lowest BCUT2D eigenvalue weighted by Crippen LogP contribution is -2.47. The Hall–Kier alpha value is -4.46. The molecule has 32 heavy (non-hydrogen) atoms. The van der Waals surface area contributed by atoms with E-state index in [1.54, 1.807) is 13.1 Å². The number of likely N-dealkylation sites (N-methyl/N-ethyl adjacent to an activating group) is 1. The molecule has 1 atom stereocenters. The van der Waals surface area contributed by atoms with Gasteiger partial charge in [-0.05, 0) is 24.3 Å². The van der Waals surface area contributed by atoms with Gasteiger partial charge in [-0.2, -0.15) is 0 Å².